The third-order valence-electron chi connectivity index (χ3n) is 2.71. The molecule has 1 aliphatic rings. The van der Waals surface area contributed by atoms with Gasteiger partial charge in [-0.15, -0.1) is 0 Å². The van der Waals surface area contributed by atoms with Gasteiger partial charge in [-0.05, 0) is 19.4 Å². The predicted molar refractivity (Wildman–Crippen MR) is 70.1 cm³/mol. The number of ether oxygens (including phenoxy) is 3. The van der Waals surface area contributed by atoms with Crippen LogP contribution in [0.15, 0.2) is 42.5 Å². The maximum atomic E-state index is 5.65. The number of hydrogen-bond donors (Lipinski definition) is 0. The van der Waals surface area contributed by atoms with Gasteiger partial charge in [0.05, 0.1) is 19.8 Å². The van der Waals surface area contributed by atoms with Gasteiger partial charge in [0.1, 0.15) is 6.10 Å². The van der Waals surface area contributed by atoms with Crippen LogP contribution in [0, 0.1) is 0 Å². The first-order valence-corrected chi connectivity index (χ1v) is 6.26. The Morgan fingerprint density at radius 2 is 2.11 bits per heavy atom. The van der Waals surface area contributed by atoms with Gasteiger partial charge in [0.2, 0.25) is 0 Å². The lowest BCUT2D eigenvalue weighted by Gasteiger charge is -2.15. The molecule has 1 heterocycles. The fourth-order valence-corrected chi connectivity index (χ4v) is 1.84. The minimum absolute atomic E-state index is 0.0420. The van der Waals surface area contributed by atoms with Gasteiger partial charge in [0.25, 0.3) is 0 Å². The molecule has 0 bridgehead atoms. The van der Waals surface area contributed by atoms with Crippen LogP contribution in [0.3, 0.4) is 0 Å². The zero-order valence-corrected chi connectivity index (χ0v) is 11.0. The Morgan fingerprint density at radius 1 is 1.33 bits per heavy atom. The van der Waals surface area contributed by atoms with E-state index >= 15 is 0 Å². The van der Waals surface area contributed by atoms with Crippen LogP contribution < -0.4 is 0 Å². The maximum absolute atomic E-state index is 5.65. The molecule has 1 atom stereocenters. The fourth-order valence-electron chi connectivity index (χ4n) is 1.84. The molecule has 2 rings (SSSR count). The normalized spacial score (nSPS) is 22.7. The Labute approximate surface area is 108 Å². The van der Waals surface area contributed by atoms with E-state index in [2.05, 4.69) is 12.1 Å². The van der Waals surface area contributed by atoms with Crippen molar-refractivity contribution in [2.24, 2.45) is 0 Å². The van der Waals surface area contributed by atoms with Crippen LogP contribution >= 0.6 is 0 Å². The van der Waals surface area contributed by atoms with Crippen LogP contribution in [-0.4, -0.2) is 25.1 Å². The zero-order chi connectivity index (χ0) is 12.8. The van der Waals surface area contributed by atoms with E-state index in [0.717, 1.165) is 0 Å². The van der Waals surface area contributed by atoms with Crippen molar-refractivity contribution in [3.63, 3.8) is 0 Å². The van der Waals surface area contributed by atoms with Crippen LogP contribution in [0.1, 0.15) is 19.4 Å². The highest BCUT2D eigenvalue weighted by Gasteiger charge is 2.30. The van der Waals surface area contributed by atoms with Gasteiger partial charge in [0, 0.05) is 0 Å². The molecule has 0 aromatic heterocycles. The zero-order valence-electron chi connectivity index (χ0n) is 11.0. The summed E-state index contributed by atoms with van der Waals surface area (Å²) in [5.74, 6) is -0.458. The standard InChI is InChI=1S/C15H20O3/c1-15(2)17-12-14(18-15)9-6-10-16-11-13-7-4-3-5-8-13/h3-9,14H,10-12H2,1-2H3/b9-6+. The molecule has 0 aliphatic carbocycles. The van der Waals surface area contributed by atoms with Gasteiger partial charge in [-0.3, -0.25) is 0 Å². The van der Waals surface area contributed by atoms with Gasteiger partial charge < -0.3 is 14.2 Å². The van der Waals surface area contributed by atoms with Gasteiger partial charge in [-0.2, -0.15) is 0 Å². The van der Waals surface area contributed by atoms with E-state index in [4.69, 9.17) is 14.2 Å². The van der Waals surface area contributed by atoms with Gasteiger partial charge >= 0.3 is 0 Å². The van der Waals surface area contributed by atoms with E-state index < -0.39 is 5.79 Å². The summed E-state index contributed by atoms with van der Waals surface area (Å²) in [6, 6.07) is 10.1. The Kier molecular flexibility index (Phi) is 4.53. The van der Waals surface area contributed by atoms with Crippen LogP contribution in [0.2, 0.25) is 0 Å². The largest absolute Gasteiger partial charge is 0.373 e. The van der Waals surface area contributed by atoms with Crippen molar-refractivity contribution >= 4 is 0 Å². The smallest absolute Gasteiger partial charge is 0.163 e. The average molecular weight is 248 g/mol. The Hall–Kier alpha value is -1.16. The molecule has 1 aromatic rings. The van der Waals surface area contributed by atoms with Gasteiger partial charge in [-0.1, -0.05) is 42.5 Å². The SMILES string of the molecule is CC1(C)OCC(/C=C/COCc2ccccc2)O1. The molecule has 0 N–H and O–H groups in total. The summed E-state index contributed by atoms with van der Waals surface area (Å²) in [4.78, 5) is 0. The molecule has 0 amide bonds. The van der Waals surface area contributed by atoms with E-state index in [0.29, 0.717) is 19.8 Å². The summed E-state index contributed by atoms with van der Waals surface area (Å²) >= 11 is 0. The Balaban J connectivity index is 1.64. The molecular weight excluding hydrogens is 228 g/mol. The summed E-state index contributed by atoms with van der Waals surface area (Å²) in [5.41, 5.74) is 1.19. The quantitative estimate of drug-likeness (QED) is 0.592. The lowest BCUT2D eigenvalue weighted by atomic mass is 10.2. The number of hydrogen-bond acceptors (Lipinski definition) is 3. The van der Waals surface area contributed by atoms with Crippen molar-refractivity contribution in [3.8, 4) is 0 Å². The molecule has 3 nitrogen and oxygen atoms in total. The molecule has 1 aliphatic heterocycles. The maximum Gasteiger partial charge on any atom is 0.163 e. The minimum Gasteiger partial charge on any atom is -0.373 e. The predicted octanol–water partition coefficient (Wildman–Crippen LogP) is 2.91. The molecule has 0 saturated carbocycles. The molecule has 18 heavy (non-hydrogen) atoms. The first-order valence-electron chi connectivity index (χ1n) is 6.26. The molecule has 1 unspecified atom stereocenters. The second-order valence-corrected chi connectivity index (χ2v) is 4.80. The van der Waals surface area contributed by atoms with Gasteiger partial charge in [0.15, 0.2) is 5.79 Å². The first-order chi connectivity index (χ1) is 8.66. The highest BCUT2D eigenvalue weighted by molar-refractivity contribution is 5.13. The average Bonchev–Trinajstić information content (AvgIpc) is 2.70. The lowest BCUT2D eigenvalue weighted by molar-refractivity contribution is -0.133. The van der Waals surface area contributed by atoms with Crippen LogP contribution in [0.5, 0.6) is 0 Å². The number of benzene rings is 1. The lowest BCUT2D eigenvalue weighted by Crippen LogP contribution is -2.20. The molecule has 1 aromatic carbocycles. The molecule has 3 heteroatoms. The summed E-state index contributed by atoms with van der Waals surface area (Å²) in [6.45, 7) is 5.69. The van der Waals surface area contributed by atoms with E-state index in [1.807, 2.05) is 44.2 Å². The second-order valence-electron chi connectivity index (χ2n) is 4.80. The molecular formula is C15H20O3. The topological polar surface area (TPSA) is 27.7 Å². The van der Waals surface area contributed by atoms with Crippen molar-refractivity contribution < 1.29 is 14.2 Å². The highest BCUT2D eigenvalue weighted by atomic mass is 16.7. The molecule has 1 fully saturated rings. The van der Waals surface area contributed by atoms with E-state index in [9.17, 15) is 0 Å². The number of rotatable bonds is 5. The van der Waals surface area contributed by atoms with Crippen LogP contribution in [0.4, 0.5) is 0 Å². The Bertz CT molecular complexity index is 384. The monoisotopic (exact) mass is 248 g/mol. The molecule has 98 valence electrons. The summed E-state index contributed by atoms with van der Waals surface area (Å²) < 4.78 is 16.7. The highest BCUT2D eigenvalue weighted by Crippen LogP contribution is 2.22. The molecule has 1 saturated heterocycles. The van der Waals surface area contributed by atoms with Crippen LogP contribution in [0.25, 0.3) is 0 Å². The van der Waals surface area contributed by atoms with Crippen molar-refractivity contribution in [1.29, 1.82) is 0 Å². The molecule has 0 radical (unpaired) electrons. The van der Waals surface area contributed by atoms with E-state index in [1.165, 1.54) is 5.56 Å². The summed E-state index contributed by atoms with van der Waals surface area (Å²) in [7, 11) is 0. The summed E-state index contributed by atoms with van der Waals surface area (Å²) in [6.07, 6.45) is 4.03. The van der Waals surface area contributed by atoms with E-state index in [-0.39, 0.29) is 6.10 Å². The van der Waals surface area contributed by atoms with Crippen LogP contribution in [-0.2, 0) is 20.8 Å². The third kappa shape index (κ3) is 4.26. The fraction of sp³-hybridized carbons (Fsp3) is 0.467. The minimum atomic E-state index is -0.458. The van der Waals surface area contributed by atoms with Crippen molar-refractivity contribution in [3.05, 3.63) is 48.0 Å². The van der Waals surface area contributed by atoms with Crippen molar-refractivity contribution in [2.45, 2.75) is 32.3 Å². The Morgan fingerprint density at radius 3 is 2.78 bits per heavy atom. The first kappa shape index (κ1) is 13.3. The molecule has 0 spiro atoms. The van der Waals surface area contributed by atoms with Crippen molar-refractivity contribution in [2.75, 3.05) is 13.2 Å². The van der Waals surface area contributed by atoms with E-state index in [1.54, 1.807) is 0 Å². The summed E-state index contributed by atoms with van der Waals surface area (Å²) in [5, 5.41) is 0. The second kappa shape index (κ2) is 6.14. The third-order valence-corrected chi connectivity index (χ3v) is 2.71. The van der Waals surface area contributed by atoms with Gasteiger partial charge in [-0.25, -0.2) is 0 Å². The van der Waals surface area contributed by atoms with Crippen molar-refractivity contribution in [1.82, 2.24) is 0 Å².